The fourth-order valence-electron chi connectivity index (χ4n) is 2.10. The van der Waals surface area contributed by atoms with Gasteiger partial charge in [0.15, 0.2) is 0 Å². The van der Waals surface area contributed by atoms with Crippen molar-refractivity contribution in [3.63, 3.8) is 0 Å². The predicted octanol–water partition coefficient (Wildman–Crippen LogP) is 1.73. The molecule has 0 spiro atoms. The van der Waals surface area contributed by atoms with Gasteiger partial charge in [-0.15, -0.1) is 0 Å². The van der Waals surface area contributed by atoms with Gasteiger partial charge in [0.1, 0.15) is 5.82 Å². The highest BCUT2D eigenvalue weighted by atomic mass is 35.5. The van der Waals surface area contributed by atoms with Crippen LogP contribution >= 0.6 is 11.6 Å². The van der Waals surface area contributed by atoms with E-state index in [-0.39, 0.29) is 5.56 Å². The monoisotopic (exact) mass is 309 g/mol. The molecule has 21 heavy (non-hydrogen) atoms. The number of H-pyrrole nitrogens is 1. The lowest BCUT2D eigenvalue weighted by Gasteiger charge is -2.18. The number of carbonyl (C=O) groups is 1. The summed E-state index contributed by atoms with van der Waals surface area (Å²) < 4.78 is 0. The van der Waals surface area contributed by atoms with Crippen LogP contribution < -0.4 is 5.56 Å². The molecule has 7 heteroatoms. The van der Waals surface area contributed by atoms with Crippen molar-refractivity contribution >= 4 is 28.5 Å². The largest absolute Gasteiger partial charge is 0.481 e. The standard InChI is InChI=1S/C14H16ClN3O3/c1-8(14(20)21)6-18(2)7-12-16-11-4-3-9(15)5-10(11)13(19)17-12/h3-5,8H,6-7H2,1-2H3,(H,20,21)(H,16,17,19). The van der Waals surface area contributed by atoms with Gasteiger partial charge in [-0.25, -0.2) is 4.98 Å². The molecule has 1 atom stereocenters. The Morgan fingerprint density at radius 2 is 2.24 bits per heavy atom. The molecule has 0 saturated carbocycles. The number of rotatable bonds is 5. The first-order valence-corrected chi connectivity index (χ1v) is 6.84. The molecule has 0 saturated heterocycles. The minimum atomic E-state index is -0.851. The minimum Gasteiger partial charge on any atom is -0.481 e. The predicted molar refractivity (Wildman–Crippen MR) is 80.5 cm³/mol. The lowest BCUT2D eigenvalue weighted by molar-refractivity contribution is -0.141. The van der Waals surface area contributed by atoms with Crippen molar-refractivity contribution in [2.24, 2.45) is 5.92 Å². The van der Waals surface area contributed by atoms with E-state index in [4.69, 9.17) is 16.7 Å². The Bertz CT molecular complexity index is 729. The Hall–Kier alpha value is -1.92. The van der Waals surface area contributed by atoms with E-state index < -0.39 is 11.9 Å². The third-order valence-corrected chi connectivity index (χ3v) is 3.38. The third kappa shape index (κ3) is 3.80. The zero-order chi connectivity index (χ0) is 15.6. The molecule has 1 heterocycles. The number of aliphatic carboxylic acids is 1. The van der Waals surface area contributed by atoms with Crippen molar-refractivity contribution in [3.05, 3.63) is 39.4 Å². The van der Waals surface area contributed by atoms with Gasteiger partial charge in [0.2, 0.25) is 0 Å². The van der Waals surface area contributed by atoms with Crippen molar-refractivity contribution in [1.82, 2.24) is 14.9 Å². The molecule has 0 amide bonds. The second-order valence-electron chi connectivity index (χ2n) is 5.11. The molecule has 0 radical (unpaired) electrons. The summed E-state index contributed by atoms with van der Waals surface area (Å²) in [6, 6.07) is 4.94. The highest BCUT2D eigenvalue weighted by Crippen LogP contribution is 2.14. The molecule has 1 unspecified atom stereocenters. The number of hydrogen-bond acceptors (Lipinski definition) is 4. The van der Waals surface area contributed by atoms with E-state index in [2.05, 4.69) is 9.97 Å². The Balaban J connectivity index is 2.21. The van der Waals surface area contributed by atoms with Crippen molar-refractivity contribution in [1.29, 1.82) is 0 Å². The van der Waals surface area contributed by atoms with E-state index in [0.717, 1.165) is 0 Å². The molecule has 0 aliphatic carbocycles. The quantitative estimate of drug-likeness (QED) is 0.878. The number of aromatic nitrogens is 2. The summed E-state index contributed by atoms with van der Waals surface area (Å²) in [5.74, 6) is -0.840. The maximum Gasteiger partial charge on any atom is 0.307 e. The number of nitrogens with zero attached hydrogens (tertiary/aromatic N) is 2. The molecular formula is C14H16ClN3O3. The van der Waals surface area contributed by atoms with Gasteiger partial charge in [-0.3, -0.25) is 14.5 Å². The van der Waals surface area contributed by atoms with Crippen molar-refractivity contribution in [3.8, 4) is 0 Å². The summed E-state index contributed by atoms with van der Waals surface area (Å²) >= 11 is 5.86. The molecule has 2 rings (SSSR count). The number of carboxylic acids is 1. The number of hydrogen-bond donors (Lipinski definition) is 2. The average Bonchev–Trinajstić information content (AvgIpc) is 2.39. The smallest absolute Gasteiger partial charge is 0.307 e. The SMILES string of the molecule is CC(CN(C)Cc1nc2ccc(Cl)cc2c(=O)[nH]1)C(=O)O. The number of benzene rings is 1. The van der Waals surface area contributed by atoms with E-state index >= 15 is 0 Å². The van der Waals surface area contributed by atoms with E-state index in [1.807, 2.05) is 0 Å². The molecule has 0 aliphatic rings. The van der Waals surface area contributed by atoms with Gasteiger partial charge in [0.25, 0.3) is 5.56 Å². The van der Waals surface area contributed by atoms with E-state index in [1.165, 1.54) is 0 Å². The highest BCUT2D eigenvalue weighted by molar-refractivity contribution is 6.31. The average molecular weight is 310 g/mol. The molecule has 6 nitrogen and oxygen atoms in total. The van der Waals surface area contributed by atoms with Crippen LogP contribution in [0, 0.1) is 5.92 Å². The summed E-state index contributed by atoms with van der Waals surface area (Å²) in [6.07, 6.45) is 0. The zero-order valence-corrected chi connectivity index (χ0v) is 12.5. The zero-order valence-electron chi connectivity index (χ0n) is 11.8. The number of carboxylic acid groups (broad SMARTS) is 1. The lowest BCUT2D eigenvalue weighted by atomic mass is 10.2. The first-order chi connectivity index (χ1) is 9.86. The molecular weight excluding hydrogens is 294 g/mol. The fourth-order valence-corrected chi connectivity index (χ4v) is 2.27. The van der Waals surface area contributed by atoms with Crippen LogP contribution in [0.15, 0.2) is 23.0 Å². The molecule has 0 aliphatic heterocycles. The van der Waals surface area contributed by atoms with Crippen molar-refractivity contribution in [2.75, 3.05) is 13.6 Å². The van der Waals surface area contributed by atoms with Gasteiger partial charge in [0.05, 0.1) is 23.4 Å². The fraction of sp³-hybridized carbons (Fsp3) is 0.357. The first kappa shape index (κ1) is 15.5. The Kier molecular flexibility index (Phi) is 4.59. The van der Waals surface area contributed by atoms with Gasteiger partial charge in [-0.1, -0.05) is 18.5 Å². The molecule has 0 bridgehead atoms. The van der Waals surface area contributed by atoms with Gasteiger partial charge < -0.3 is 10.1 Å². The van der Waals surface area contributed by atoms with Crippen LogP contribution in [0.25, 0.3) is 10.9 Å². The number of fused-ring (bicyclic) bond motifs is 1. The van der Waals surface area contributed by atoms with E-state index in [1.54, 1.807) is 37.1 Å². The van der Waals surface area contributed by atoms with Crippen LogP contribution in [0.3, 0.4) is 0 Å². The molecule has 0 fully saturated rings. The van der Waals surface area contributed by atoms with Crippen molar-refractivity contribution < 1.29 is 9.90 Å². The Morgan fingerprint density at radius 1 is 1.52 bits per heavy atom. The summed E-state index contributed by atoms with van der Waals surface area (Å²) in [6.45, 7) is 2.38. The molecule has 1 aromatic heterocycles. The highest BCUT2D eigenvalue weighted by Gasteiger charge is 2.14. The van der Waals surface area contributed by atoms with Gasteiger partial charge in [-0.05, 0) is 25.2 Å². The van der Waals surface area contributed by atoms with E-state index in [9.17, 15) is 9.59 Å². The molecule has 1 aromatic carbocycles. The maximum atomic E-state index is 12.0. The number of halogens is 1. The maximum absolute atomic E-state index is 12.0. The normalized spacial score (nSPS) is 12.8. The topological polar surface area (TPSA) is 86.3 Å². The summed E-state index contributed by atoms with van der Waals surface area (Å²) in [7, 11) is 1.78. The van der Waals surface area contributed by atoms with Crippen LogP contribution in [0.1, 0.15) is 12.7 Å². The summed E-state index contributed by atoms with van der Waals surface area (Å²) in [4.78, 5) is 31.7. The molecule has 2 aromatic rings. The van der Waals surface area contributed by atoms with Gasteiger partial charge in [-0.2, -0.15) is 0 Å². The van der Waals surface area contributed by atoms with Crippen LogP contribution in [0.4, 0.5) is 0 Å². The Labute approximate surface area is 126 Å². The van der Waals surface area contributed by atoms with Gasteiger partial charge in [0, 0.05) is 11.6 Å². The first-order valence-electron chi connectivity index (χ1n) is 6.46. The van der Waals surface area contributed by atoms with E-state index in [0.29, 0.717) is 34.8 Å². The summed E-state index contributed by atoms with van der Waals surface area (Å²) in [5.41, 5.74) is 0.315. The third-order valence-electron chi connectivity index (χ3n) is 3.14. The second kappa shape index (κ2) is 6.24. The van der Waals surface area contributed by atoms with Crippen LogP contribution in [0.5, 0.6) is 0 Å². The van der Waals surface area contributed by atoms with Crippen LogP contribution in [-0.4, -0.2) is 39.5 Å². The summed E-state index contributed by atoms with van der Waals surface area (Å²) in [5, 5.41) is 9.82. The lowest BCUT2D eigenvalue weighted by Crippen LogP contribution is -2.29. The molecule has 2 N–H and O–H groups in total. The van der Waals surface area contributed by atoms with Crippen molar-refractivity contribution in [2.45, 2.75) is 13.5 Å². The van der Waals surface area contributed by atoms with Crippen LogP contribution in [0.2, 0.25) is 5.02 Å². The minimum absolute atomic E-state index is 0.253. The Morgan fingerprint density at radius 3 is 2.90 bits per heavy atom. The molecule has 112 valence electrons. The second-order valence-corrected chi connectivity index (χ2v) is 5.55. The van der Waals surface area contributed by atoms with Gasteiger partial charge >= 0.3 is 5.97 Å². The number of aromatic amines is 1. The van der Waals surface area contributed by atoms with Crippen LogP contribution in [-0.2, 0) is 11.3 Å². The number of nitrogens with one attached hydrogen (secondary N) is 1.